The van der Waals surface area contributed by atoms with Gasteiger partial charge in [0.25, 0.3) is 5.91 Å². The number of oxazole rings is 1. The molecule has 2 aromatic heterocycles. The molecule has 0 unspecified atom stereocenters. The average Bonchev–Trinajstić information content (AvgIpc) is 3.55. The Balaban J connectivity index is 1.21. The van der Waals surface area contributed by atoms with E-state index in [9.17, 15) is 4.79 Å². The number of aromatic nitrogens is 1. The van der Waals surface area contributed by atoms with E-state index in [0.29, 0.717) is 13.1 Å². The minimum atomic E-state index is 0.123. The predicted octanol–water partition coefficient (Wildman–Crippen LogP) is 5.41. The number of morpholine rings is 1. The number of ether oxygens (including phenoxy) is 1. The number of anilines is 1. The number of benzene rings is 2. The molecule has 0 atom stereocenters. The third kappa shape index (κ3) is 4.10. The summed E-state index contributed by atoms with van der Waals surface area (Å²) in [4.78, 5) is 23.3. The van der Waals surface area contributed by atoms with E-state index in [1.807, 2.05) is 35.2 Å². The number of piperidine rings is 1. The van der Waals surface area contributed by atoms with Crippen molar-refractivity contribution in [2.75, 3.05) is 44.3 Å². The van der Waals surface area contributed by atoms with Crippen LogP contribution in [-0.4, -0.2) is 55.2 Å². The van der Waals surface area contributed by atoms with Gasteiger partial charge in [0.2, 0.25) is 0 Å². The van der Waals surface area contributed by atoms with Gasteiger partial charge in [0, 0.05) is 37.7 Å². The molecule has 6 nitrogen and oxygen atoms in total. The lowest BCUT2D eigenvalue weighted by atomic mass is 9.96. The van der Waals surface area contributed by atoms with Gasteiger partial charge in [-0.15, -0.1) is 11.3 Å². The first-order valence-corrected chi connectivity index (χ1v) is 12.7. The fourth-order valence-electron chi connectivity index (χ4n) is 4.86. The molecule has 0 N–H and O–H groups in total. The van der Waals surface area contributed by atoms with Crippen molar-refractivity contribution in [2.45, 2.75) is 18.8 Å². The van der Waals surface area contributed by atoms with E-state index in [-0.39, 0.29) is 11.8 Å². The molecule has 0 saturated carbocycles. The normalized spacial score (nSPS) is 17.4. The molecule has 2 aliphatic rings. The van der Waals surface area contributed by atoms with Crippen molar-refractivity contribution in [3.05, 3.63) is 71.4 Å². The molecule has 4 heterocycles. The molecule has 174 valence electrons. The number of rotatable bonds is 4. The largest absolute Gasteiger partial charge is 0.440 e. The van der Waals surface area contributed by atoms with E-state index in [2.05, 4.69) is 40.2 Å². The molecule has 6 rings (SSSR count). The summed E-state index contributed by atoms with van der Waals surface area (Å²) in [6, 6.07) is 20.3. The Morgan fingerprint density at radius 2 is 1.68 bits per heavy atom. The lowest BCUT2D eigenvalue weighted by Gasteiger charge is -2.30. The van der Waals surface area contributed by atoms with Crippen LogP contribution in [-0.2, 0) is 4.74 Å². The molecule has 1 amide bonds. The maximum Gasteiger partial charge on any atom is 0.264 e. The summed E-state index contributed by atoms with van der Waals surface area (Å²) >= 11 is 1.61. The number of nitrogens with zero attached hydrogens (tertiary/aromatic N) is 3. The molecule has 0 aliphatic carbocycles. The van der Waals surface area contributed by atoms with E-state index in [1.165, 1.54) is 5.00 Å². The first-order chi connectivity index (χ1) is 16.8. The number of carbonyl (C=O) groups excluding carboxylic acids is 1. The zero-order valence-corrected chi connectivity index (χ0v) is 19.8. The van der Waals surface area contributed by atoms with E-state index < -0.39 is 0 Å². The van der Waals surface area contributed by atoms with Gasteiger partial charge in [-0.25, -0.2) is 4.98 Å². The predicted molar refractivity (Wildman–Crippen MR) is 135 cm³/mol. The van der Waals surface area contributed by atoms with Crippen molar-refractivity contribution < 1.29 is 13.9 Å². The van der Waals surface area contributed by atoms with Gasteiger partial charge in [-0.05, 0) is 36.6 Å². The van der Waals surface area contributed by atoms with Crippen LogP contribution in [0.15, 0.2) is 65.1 Å². The van der Waals surface area contributed by atoms with Crippen molar-refractivity contribution in [1.82, 2.24) is 9.88 Å². The number of fused-ring (bicyclic) bond motifs is 1. The Kier molecular flexibility index (Phi) is 5.81. The van der Waals surface area contributed by atoms with Crippen LogP contribution in [0.1, 0.15) is 34.3 Å². The van der Waals surface area contributed by atoms with Crippen molar-refractivity contribution in [1.29, 1.82) is 0 Å². The topological polar surface area (TPSA) is 58.8 Å². The van der Waals surface area contributed by atoms with E-state index in [4.69, 9.17) is 9.15 Å². The summed E-state index contributed by atoms with van der Waals surface area (Å²) in [5, 5.41) is 1.17. The number of hydrogen-bond donors (Lipinski definition) is 0. The van der Waals surface area contributed by atoms with Crippen LogP contribution in [0.2, 0.25) is 0 Å². The fraction of sp³-hybridized carbons (Fsp3) is 0.333. The van der Waals surface area contributed by atoms with Crippen molar-refractivity contribution in [3.63, 3.8) is 0 Å². The van der Waals surface area contributed by atoms with Crippen LogP contribution in [0.5, 0.6) is 0 Å². The highest BCUT2D eigenvalue weighted by Gasteiger charge is 2.30. The molecule has 34 heavy (non-hydrogen) atoms. The van der Waals surface area contributed by atoms with Crippen LogP contribution in [0.4, 0.5) is 5.00 Å². The summed E-state index contributed by atoms with van der Waals surface area (Å²) in [6.07, 6.45) is 1.73. The van der Waals surface area contributed by atoms with Gasteiger partial charge in [-0.1, -0.05) is 42.5 Å². The Hall–Kier alpha value is -3.16. The summed E-state index contributed by atoms with van der Waals surface area (Å²) in [5.41, 5.74) is 4.02. The van der Waals surface area contributed by atoms with Crippen LogP contribution in [0.25, 0.3) is 22.2 Å². The summed E-state index contributed by atoms with van der Waals surface area (Å²) < 4.78 is 11.6. The molecule has 7 heteroatoms. The SMILES string of the molecule is O=C(c1cc(-c2ccccc2)c(N2CCOCC2)s1)N1CCC(c2nc3ccccc3o2)CC1. The summed E-state index contributed by atoms with van der Waals surface area (Å²) in [5.74, 6) is 1.17. The molecule has 4 aromatic rings. The maximum absolute atomic E-state index is 13.5. The zero-order valence-electron chi connectivity index (χ0n) is 19.0. The second kappa shape index (κ2) is 9.24. The average molecular weight is 474 g/mol. The van der Waals surface area contributed by atoms with Crippen LogP contribution in [0, 0.1) is 0 Å². The number of thiophene rings is 1. The molecule has 0 spiro atoms. The van der Waals surface area contributed by atoms with Gasteiger partial charge in [-0.3, -0.25) is 4.79 Å². The lowest BCUT2D eigenvalue weighted by Crippen LogP contribution is -2.37. The zero-order chi connectivity index (χ0) is 22.9. The molecule has 2 aliphatic heterocycles. The standard InChI is InChI=1S/C27H27N3O3S/c31-26(29-12-10-20(11-13-29)25-28-22-8-4-5-9-23(22)33-25)24-18-21(19-6-2-1-3-7-19)27(34-24)30-14-16-32-17-15-30/h1-9,18,20H,10-17H2. The first-order valence-electron chi connectivity index (χ1n) is 11.9. The Labute approximate surface area is 202 Å². The lowest BCUT2D eigenvalue weighted by molar-refractivity contribution is 0.0711. The molecule has 2 aromatic carbocycles. The highest BCUT2D eigenvalue weighted by molar-refractivity contribution is 7.18. The second-order valence-electron chi connectivity index (χ2n) is 8.88. The monoisotopic (exact) mass is 473 g/mol. The molecular formula is C27H27N3O3S. The minimum Gasteiger partial charge on any atom is -0.440 e. The van der Waals surface area contributed by atoms with Gasteiger partial charge >= 0.3 is 0 Å². The number of carbonyl (C=O) groups is 1. The molecule has 2 saturated heterocycles. The molecule has 0 bridgehead atoms. The number of amides is 1. The third-order valence-electron chi connectivity index (χ3n) is 6.75. The highest BCUT2D eigenvalue weighted by atomic mass is 32.1. The third-order valence-corrected chi connectivity index (χ3v) is 7.93. The minimum absolute atomic E-state index is 0.123. The first kappa shape index (κ1) is 21.4. The van der Waals surface area contributed by atoms with Crippen LogP contribution < -0.4 is 4.90 Å². The van der Waals surface area contributed by atoms with E-state index in [0.717, 1.165) is 72.1 Å². The molecular weight excluding hydrogens is 446 g/mol. The van der Waals surface area contributed by atoms with E-state index in [1.54, 1.807) is 11.3 Å². The van der Waals surface area contributed by atoms with Gasteiger partial charge in [0.15, 0.2) is 11.5 Å². The fourth-order valence-corrected chi connectivity index (χ4v) is 6.06. The highest BCUT2D eigenvalue weighted by Crippen LogP contribution is 2.40. The number of likely N-dealkylation sites (tertiary alicyclic amines) is 1. The van der Waals surface area contributed by atoms with Crippen molar-refractivity contribution >= 4 is 33.3 Å². The Bertz CT molecular complexity index is 1250. The van der Waals surface area contributed by atoms with Crippen LogP contribution in [0.3, 0.4) is 0 Å². The van der Waals surface area contributed by atoms with Crippen molar-refractivity contribution in [2.24, 2.45) is 0 Å². The Morgan fingerprint density at radius 3 is 2.44 bits per heavy atom. The summed E-state index contributed by atoms with van der Waals surface area (Å²) in [6.45, 7) is 4.58. The quantitative estimate of drug-likeness (QED) is 0.397. The number of para-hydroxylation sites is 2. The van der Waals surface area contributed by atoms with E-state index >= 15 is 0 Å². The van der Waals surface area contributed by atoms with Gasteiger partial charge in [-0.2, -0.15) is 0 Å². The van der Waals surface area contributed by atoms with Gasteiger partial charge in [0.1, 0.15) is 5.52 Å². The van der Waals surface area contributed by atoms with Crippen molar-refractivity contribution in [3.8, 4) is 11.1 Å². The molecule has 2 fully saturated rings. The summed E-state index contributed by atoms with van der Waals surface area (Å²) in [7, 11) is 0. The van der Waals surface area contributed by atoms with Gasteiger partial charge < -0.3 is 19.0 Å². The number of hydrogen-bond acceptors (Lipinski definition) is 6. The molecule has 0 radical (unpaired) electrons. The van der Waals surface area contributed by atoms with Gasteiger partial charge in [0.05, 0.1) is 23.1 Å². The smallest absolute Gasteiger partial charge is 0.264 e. The second-order valence-corrected chi connectivity index (χ2v) is 9.91. The van der Waals surface area contributed by atoms with Crippen LogP contribution >= 0.6 is 11.3 Å². The maximum atomic E-state index is 13.5. The Morgan fingerprint density at radius 1 is 0.941 bits per heavy atom.